The summed E-state index contributed by atoms with van der Waals surface area (Å²) in [5.74, 6) is 0. The molecule has 1 aromatic carbocycles. The van der Waals surface area contributed by atoms with Gasteiger partial charge in [-0.2, -0.15) is 0 Å². The highest BCUT2D eigenvalue weighted by atomic mass is 79.9. The van der Waals surface area contributed by atoms with Gasteiger partial charge in [-0.3, -0.25) is 0 Å². The molecule has 1 unspecified atom stereocenters. The summed E-state index contributed by atoms with van der Waals surface area (Å²) >= 11 is 3.48. The van der Waals surface area contributed by atoms with Crippen LogP contribution in [0.3, 0.4) is 0 Å². The molecule has 84 valence electrons. The van der Waals surface area contributed by atoms with Gasteiger partial charge in [-0.1, -0.05) is 33.2 Å². The van der Waals surface area contributed by atoms with Crippen LogP contribution in [0.2, 0.25) is 0 Å². The Hall–Kier alpha value is -0.870. The van der Waals surface area contributed by atoms with Gasteiger partial charge in [0.1, 0.15) is 0 Å². The van der Waals surface area contributed by atoms with E-state index in [1.807, 2.05) is 12.1 Å². The molecule has 1 fully saturated rings. The molecule has 1 aromatic rings. The third-order valence-corrected chi connectivity index (χ3v) is 3.69. The second-order valence-corrected chi connectivity index (χ2v) is 5.34. The van der Waals surface area contributed by atoms with E-state index >= 15 is 0 Å². The minimum Gasteiger partial charge on any atom is -0.387 e. The zero-order chi connectivity index (χ0) is 11.0. The van der Waals surface area contributed by atoms with Gasteiger partial charge in [0, 0.05) is 29.4 Å². The topological polar surface area (TPSA) is 33.6 Å². The number of hydrogen-bond donors (Lipinski definition) is 1. The zero-order valence-electron chi connectivity index (χ0n) is 8.87. The molecule has 0 aliphatic carbocycles. The fourth-order valence-corrected chi connectivity index (χ4v) is 2.69. The van der Waals surface area contributed by atoms with Crippen molar-refractivity contribution in [2.24, 2.45) is 5.16 Å². The van der Waals surface area contributed by atoms with Crippen LogP contribution >= 0.6 is 15.9 Å². The molecule has 0 aromatic heterocycles. The Morgan fingerprint density at radius 1 is 1.44 bits per heavy atom. The first-order valence-corrected chi connectivity index (χ1v) is 6.28. The van der Waals surface area contributed by atoms with Crippen molar-refractivity contribution in [2.75, 3.05) is 13.1 Å². The highest BCUT2D eigenvalue weighted by molar-refractivity contribution is 9.10. The van der Waals surface area contributed by atoms with Crippen LogP contribution < -0.4 is 5.32 Å². The molecule has 0 bridgehead atoms. The lowest BCUT2D eigenvalue weighted by Crippen LogP contribution is -2.31. The van der Waals surface area contributed by atoms with Gasteiger partial charge in [-0.25, -0.2) is 0 Å². The number of oxime groups is 1. The molecule has 0 saturated carbocycles. The van der Waals surface area contributed by atoms with Crippen LogP contribution in [0.15, 0.2) is 33.9 Å². The van der Waals surface area contributed by atoms with Crippen molar-refractivity contribution in [2.45, 2.75) is 18.4 Å². The molecule has 4 heteroatoms. The average molecular weight is 281 g/mol. The summed E-state index contributed by atoms with van der Waals surface area (Å²) in [7, 11) is 0. The molecule has 3 nitrogen and oxygen atoms in total. The largest absolute Gasteiger partial charge is 0.387 e. The molecule has 1 atom stereocenters. The minimum absolute atomic E-state index is 0.0718. The van der Waals surface area contributed by atoms with Crippen LogP contribution in [0.25, 0.3) is 0 Å². The number of nitrogens with one attached hydrogen (secondary N) is 1. The summed E-state index contributed by atoms with van der Waals surface area (Å²) in [5.41, 5.74) is 2.14. The summed E-state index contributed by atoms with van der Waals surface area (Å²) in [4.78, 5) is 5.62. The molecule has 3 rings (SSSR count). The van der Waals surface area contributed by atoms with E-state index in [9.17, 15) is 0 Å². The Morgan fingerprint density at radius 2 is 2.38 bits per heavy atom. The first-order valence-electron chi connectivity index (χ1n) is 5.49. The molecule has 0 amide bonds. The fraction of sp³-hybridized carbons (Fsp3) is 0.417. The van der Waals surface area contributed by atoms with E-state index in [1.165, 1.54) is 0 Å². The molecule has 2 aliphatic rings. The van der Waals surface area contributed by atoms with Gasteiger partial charge < -0.3 is 10.2 Å². The molecule has 16 heavy (non-hydrogen) atoms. The third-order valence-electron chi connectivity index (χ3n) is 3.20. The summed E-state index contributed by atoms with van der Waals surface area (Å²) in [5, 5.41) is 7.57. The number of nitrogens with zero attached hydrogens (tertiary/aromatic N) is 1. The highest BCUT2D eigenvalue weighted by Gasteiger charge is 2.42. The van der Waals surface area contributed by atoms with Crippen LogP contribution in [0.5, 0.6) is 0 Å². The predicted octanol–water partition coefficient (Wildman–Crippen LogP) is 2.31. The van der Waals surface area contributed by atoms with Crippen LogP contribution in [-0.2, 0) is 4.84 Å². The predicted molar refractivity (Wildman–Crippen MR) is 66.6 cm³/mol. The molecule has 0 radical (unpaired) electrons. The number of rotatable bonds is 1. The fourth-order valence-electron chi connectivity index (χ4n) is 2.29. The van der Waals surface area contributed by atoms with Gasteiger partial charge in [0.25, 0.3) is 0 Å². The van der Waals surface area contributed by atoms with Crippen molar-refractivity contribution in [1.82, 2.24) is 5.32 Å². The monoisotopic (exact) mass is 280 g/mol. The lowest BCUT2D eigenvalue weighted by molar-refractivity contribution is -0.00190. The second kappa shape index (κ2) is 3.86. The Labute approximate surface area is 103 Å². The molecular formula is C12H13BrN2O. The SMILES string of the molecule is Brc1cccc(C2=NOC3(CCNC3)C2)c1. The van der Waals surface area contributed by atoms with E-state index in [0.29, 0.717) is 0 Å². The van der Waals surface area contributed by atoms with Crippen LogP contribution in [0.4, 0.5) is 0 Å². The molecule has 1 N–H and O–H groups in total. The van der Waals surface area contributed by atoms with Crippen LogP contribution in [-0.4, -0.2) is 24.4 Å². The van der Waals surface area contributed by atoms with Gasteiger partial charge in [0.05, 0.1) is 5.71 Å². The molecule has 2 aliphatic heterocycles. The van der Waals surface area contributed by atoms with Crippen LogP contribution in [0.1, 0.15) is 18.4 Å². The zero-order valence-corrected chi connectivity index (χ0v) is 10.5. The van der Waals surface area contributed by atoms with E-state index in [-0.39, 0.29) is 5.60 Å². The smallest absolute Gasteiger partial charge is 0.156 e. The van der Waals surface area contributed by atoms with Crippen LogP contribution in [0, 0.1) is 0 Å². The van der Waals surface area contributed by atoms with E-state index in [2.05, 4.69) is 38.5 Å². The van der Waals surface area contributed by atoms with Gasteiger partial charge in [0.2, 0.25) is 0 Å². The van der Waals surface area contributed by atoms with Gasteiger partial charge in [0.15, 0.2) is 5.60 Å². The first-order chi connectivity index (χ1) is 7.77. The maximum absolute atomic E-state index is 5.62. The van der Waals surface area contributed by atoms with Gasteiger partial charge >= 0.3 is 0 Å². The summed E-state index contributed by atoms with van der Waals surface area (Å²) in [6, 6.07) is 8.21. The van der Waals surface area contributed by atoms with Crippen molar-refractivity contribution in [3.63, 3.8) is 0 Å². The number of benzene rings is 1. The maximum atomic E-state index is 5.62. The Kier molecular flexibility index (Phi) is 2.48. The Morgan fingerprint density at radius 3 is 3.12 bits per heavy atom. The van der Waals surface area contributed by atoms with Crippen molar-refractivity contribution in [1.29, 1.82) is 0 Å². The Bertz CT molecular complexity index is 438. The third kappa shape index (κ3) is 1.76. The maximum Gasteiger partial charge on any atom is 0.156 e. The molecule has 2 heterocycles. The van der Waals surface area contributed by atoms with Crippen molar-refractivity contribution >= 4 is 21.6 Å². The number of halogens is 1. The summed E-state index contributed by atoms with van der Waals surface area (Å²) in [6.07, 6.45) is 1.96. The molecule has 1 spiro atoms. The van der Waals surface area contributed by atoms with Crippen molar-refractivity contribution < 1.29 is 4.84 Å². The minimum atomic E-state index is -0.0718. The van der Waals surface area contributed by atoms with Crippen molar-refractivity contribution in [3.05, 3.63) is 34.3 Å². The average Bonchev–Trinajstić information content (AvgIpc) is 2.90. The lowest BCUT2D eigenvalue weighted by Gasteiger charge is -2.18. The normalized spacial score (nSPS) is 28.2. The summed E-state index contributed by atoms with van der Waals surface area (Å²) < 4.78 is 1.08. The second-order valence-electron chi connectivity index (χ2n) is 4.43. The van der Waals surface area contributed by atoms with Crippen molar-refractivity contribution in [3.8, 4) is 0 Å². The lowest BCUT2D eigenvalue weighted by atomic mass is 9.93. The quantitative estimate of drug-likeness (QED) is 0.857. The van der Waals surface area contributed by atoms with E-state index < -0.39 is 0 Å². The van der Waals surface area contributed by atoms with Gasteiger partial charge in [-0.05, 0) is 18.7 Å². The van der Waals surface area contributed by atoms with E-state index in [0.717, 1.165) is 41.7 Å². The Balaban J connectivity index is 1.83. The highest BCUT2D eigenvalue weighted by Crippen LogP contribution is 2.32. The van der Waals surface area contributed by atoms with E-state index in [1.54, 1.807) is 0 Å². The number of hydrogen-bond acceptors (Lipinski definition) is 3. The van der Waals surface area contributed by atoms with Gasteiger partial charge in [-0.15, -0.1) is 0 Å². The first kappa shape index (κ1) is 10.3. The molecular weight excluding hydrogens is 268 g/mol. The standard InChI is InChI=1S/C12H13BrN2O/c13-10-3-1-2-9(6-10)11-7-12(16-15-11)4-5-14-8-12/h1-3,6,14H,4-5,7-8H2. The molecule has 1 saturated heterocycles. The van der Waals surface area contributed by atoms with E-state index in [4.69, 9.17) is 4.84 Å². The summed E-state index contributed by atoms with van der Waals surface area (Å²) in [6.45, 7) is 1.94.